The Kier molecular flexibility index (Phi) is 5.76. The maximum atomic E-state index is 12.6. The molecule has 2 aromatic heterocycles. The molecule has 0 radical (unpaired) electrons. The van der Waals surface area contributed by atoms with Crippen LogP contribution in [0.4, 0.5) is 0 Å². The number of aromatic nitrogens is 2. The van der Waals surface area contributed by atoms with Crippen molar-refractivity contribution in [2.75, 3.05) is 6.54 Å². The molecule has 0 saturated carbocycles. The van der Waals surface area contributed by atoms with E-state index in [2.05, 4.69) is 15.6 Å². The van der Waals surface area contributed by atoms with E-state index in [-0.39, 0.29) is 29.4 Å². The first kappa shape index (κ1) is 18.9. The van der Waals surface area contributed by atoms with Crippen LogP contribution in [0.1, 0.15) is 40.5 Å². The van der Waals surface area contributed by atoms with Crippen LogP contribution in [0, 0.1) is 0 Å². The molecule has 0 aliphatic heterocycles. The Balaban J connectivity index is 1.77. The molecule has 2 amide bonds. The van der Waals surface area contributed by atoms with E-state index < -0.39 is 0 Å². The average molecular weight is 385 g/mol. The Morgan fingerprint density at radius 1 is 1.15 bits per heavy atom. The van der Waals surface area contributed by atoms with E-state index in [1.807, 2.05) is 44.2 Å². The normalized spacial score (nSPS) is 11.0. The molecular weight excluding hydrogens is 364 g/mol. The lowest BCUT2D eigenvalue weighted by Gasteiger charge is -2.06. The monoisotopic (exact) mass is 384 g/mol. The summed E-state index contributed by atoms with van der Waals surface area (Å²) in [5.41, 5.74) is 1.86. The van der Waals surface area contributed by atoms with Crippen LogP contribution in [0.25, 0.3) is 5.52 Å². The fourth-order valence-corrected chi connectivity index (χ4v) is 3.00. The number of hydrogen-bond donors (Lipinski definition) is 2. The summed E-state index contributed by atoms with van der Waals surface area (Å²) in [5, 5.41) is 6.34. The van der Waals surface area contributed by atoms with Gasteiger partial charge in [0.15, 0.2) is 5.69 Å². The molecule has 7 heteroatoms. The Bertz CT molecular complexity index is 981. The molecular formula is C20H21ClN4O2. The maximum Gasteiger partial charge on any atom is 0.287 e. The van der Waals surface area contributed by atoms with E-state index >= 15 is 0 Å². The van der Waals surface area contributed by atoms with E-state index in [1.54, 1.807) is 22.7 Å². The summed E-state index contributed by atoms with van der Waals surface area (Å²) in [4.78, 5) is 29.3. The average Bonchev–Trinajstić information content (AvgIpc) is 3.01. The number of carbonyl (C=O) groups excluding carboxylic acids is 2. The highest BCUT2D eigenvalue weighted by molar-refractivity contribution is 6.30. The van der Waals surface area contributed by atoms with Crippen LogP contribution in [-0.4, -0.2) is 33.8 Å². The third-order valence-corrected chi connectivity index (χ3v) is 4.21. The molecule has 27 heavy (non-hydrogen) atoms. The Morgan fingerprint density at radius 2 is 1.96 bits per heavy atom. The van der Waals surface area contributed by atoms with E-state index in [1.165, 1.54) is 0 Å². The molecule has 3 aromatic rings. The zero-order valence-electron chi connectivity index (χ0n) is 15.2. The quantitative estimate of drug-likeness (QED) is 0.685. The van der Waals surface area contributed by atoms with Gasteiger partial charge in [-0.15, -0.1) is 0 Å². The molecule has 0 atom stereocenters. The molecule has 140 valence electrons. The summed E-state index contributed by atoms with van der Waals surface area (Å²) in [6.07, 6.45) is 2.37. The molecule has 2 N–H and O–H groups in total. The van der Waals surface area contributed by atoms with Crippen LogP contribution in [0.15, 0.2) is 48.7 Å². The highest BCUT2D eigenvalue weighted by Crippen LogP contribution is 2.14. The smallest absolute Gasteiger partial charge is 0.287 e. The Hall–Kier alpha value is -2.86. The SMILES string of the molecule is CC(C)NC(=O)c1nc(C(=O)NCCc2cccc(Cl)c2)c2ccccn12. The first-order valence-electron chi connectivity index (χ1n) is 8.76. The van der Waals surface area contributed by atoms with Crippen molar-refractivity contribution in [3.05, 3.63) is 70.8 Å². The largest absolute Gasteiger partial charge is 0.350 e. The molecule has 0 bridgehead atoms. The van der Waals surface area contributed by atoms with Gasteiger partial charge in [-0.05, 0) is 50.1 Å². The Labute approximate surface area is 162 Å². The minimum Gasteiger partial charge on any atom is -0.350 e. The predicted molar refractivity (Wildman–Crippen MR) is 105 cm³/mol. The van der Waals surface area contributed by atoms with Gasteiger partial charge in [0.05, 0.1) is 5.52 Å². The van der Waals surface area contributed by atoms with Crippen LogP contribution in [0.2, 0.25) is 5.02 Å². The van der Waals surface area contributed by atoms with Crippen LogP contribution >= 0.6 is 11.6 Å². The number of benzene rings is 1. The number of rotatable bonds is 6. The number of halogens is 1. The van der Waals surface area contributed by atoms with Crippen molar-refractivity contribution in [2.24, 2.45) is 0 Å². The van der Waals surface area contributed by atoms with Gasteiger partial charge < -0.3 is 10.6 Å². The van der Waals surface area contributed by atoms with Gasteiger partial charge in [-0.1, -0.05) is 29.8 Å². The molecule has 3 rings (SSSR count). The van der Waals surface area contributed by atoms with Crippen molar-refractivity contribution in [2.45, 2.75) is 26.3 Å². The van der Waals surface area contributed by atoms with Gasteiger partial charge >= 0.3 is 0 Å². The first-order valence-corrected chi connectivity index (χ1v) is 9.14. The van der Waals surface area contributed by atoms with Gasteiger partial charge in [-0.2, -0.15) is 0 Å². The fourth-order valence-electron chi connectivity index (χ4n) is 2.79. The second kappa shape index (κ2) is 8.22. The van der Waals surface area contributed by atoms with Crippen LogP contribution in [0.3, 0.4) is 0 Å². The molecule has 0 fully saturated rings. The fraction of sp³-hybridized carbons (Fsp3) is 0.250. The molecule has 0 saturated heterocycles. The summed E-state index contributed by atoms with van der Waals surface area (Å²) in [6.45, 7) is 4.19. The standard InChI is InChI=1S/C20H21ClN4O2/c1-13(2)23-20(27)18-24-17(16-8-3-4-11-25(16)18)19(26)22-10-9-14-6-5-7-15(21)12-14/h3-8,11-13H,9-10H2,1-2H3,(H,22,26)(H,23,27). The van der Waals surface area contributed by atoms with E-state index in [9.17, 15) is 9.59 Å². The number of imidazole rings is 1. The van der Waals surface area contributed by atoms with Gasteiger partial charge in [0, 0.05) is 23.8 Å². The third-order valence-electron chi connectivity index (χ3n) is 3.97. The Morgan fingerprint density at radius 3 is 2.70 bits per heavy atom. The van der Waals surface area contributed by atoms with E-state index in [4.69, 9.17) is 11.6 Å². The lowest BCUT2D eigenvalue weighted by Crippen LogP contribution is -2.31. The molecule has 0 spiro atoms. The second-order valence-electron chi connectivity index (χ2n) is 6.50. The molecule has 0 unspecified atom stereocenters. The summed E-state index contributed by atoms with van der Waals surface area (Å²) in [5.74, 6) is -0.437. The van der Waals surface area contributed by atoms with Crippen LogP contribution in [0.5, 0.6) is 0 Å². The van der Waals surface area contributed by atoms with Crippen molar-refractivity contribution in [3.8, 4) is 0 Å². The molecule has 1 aromatic carbocycles. The van der Waals surface area contributed by atoms with Crippen molar-refractivity contribution in [1.29, 1.82) is 0 Å². The first-order chi connectivity index (χ1) is 13.0. The van der Waals surface area contributed by atoms with Crippen molar-refractivity contribution < 1.29 is 9.59 Å². The number of nitrogens with zero attached hydrogens (tertiary/aromatic N) is 2. The predicted octanol–water partition coefficient (Wildman–Crippen LogP) is 3.10. The zero-order valence-corrected chi connectivity index (χ0v) is 16.0. The second-order valence-corrected chi connectivity index (χ2v) is 6.94. The maximum absolute atomic E-state index is 12.6. The van der Waals surface area contributed by atoms with Gasteiger partial charge in [-0.3, -0.25) is 14.0 Å². The summed E-state index contributed by atoms with van der Waals surface area (Å²) < 4.78 is 1.63. The summed E-state index contributed by atoms with van der Waals surface area (Å²) in [6, 6.07) is 12.9. The molecule has 6 nitrogen and oxygen atoms in total. The summed E-state index contributed by atoms with van der Waals surface area (Å²) in [7, 11) is 0. The van der Waals surface area contributed by atoms with Gasteiger partial charge in [-0.25, -0.2) is 4.98 Å². The number of amides is 2. The van der Waals surface area contributed by atoms with E-state index in [0.717, 1.165) is 5.56 Å². The van der Waals surface area contributed by atoms with Crippen molar-refractivity contribution in [3.63, 3.8) is 0 Å². The third kappa shape index (κ3) is 4.46. The number of pyridine rings is 1. The molecule has 0 aliphatic rings. The topological polar surface area (TPSA) is 75.5 Å². The van der Waals surface area contributed by atoms with Crippen LogP contribution < -0.4 is 10.6 Å². The van der Waals surface area contributed by atoms with Gasteiger partial charge in [0.2, 0.25) is 5.82 Å². The molecule has 0 aliphatic carbocycles. The van der Waals surface area contributed by atoms with E-state index in [0.29, 0.717) is 23.5 Å². The molecule has 2 heterocycles. The zero-order chi connectivity index (χ0) is 19.4. The highest BCUT2D eigenvalue weighted by atomic mass is 35.5. The van der Waals surface area contributed by atoms with Crippen LogP contribution in [-0.2, 0) is 6.42 Å². The lowest BCUT2D eigenvalue weighted by molar-refractivity contribution is 0.0932. The summed E-state index contributed by atoms with van der Waals surface area (Å²) >= 11 is 5.98. The van der Waals surface area contributed by atoms with Crippen molar-refractivity contribution >= 4 is 28.9 Å². The minimum absolute atomic E-state index is 0.0245. The van der Waals surface area contributed by atoms with Gasteiger partial charge in [0.25, 0.3) is 11.8 Å². The van der Waals surface area contributed by atoms with Gasteiger partial charge in [0.1, 0.15) is 0 Å². The number of nitrogens with one attached hydrogen (secondary N) is 2. The number of hydrogen-bond acceptors (Lipinski definition) is 3. The number of fused-ring (bicyclic) bond motifs is 1. The number of carbonyl (C=O) groups is 2. The minimum atomic E-state index is -0.316. The highest BCUT2D eigenvalue weighted by Gasteiger charge is 2.21. The lowest BCUT2D eigenvalue weighted by atomic mass is 10.1. The van der Waals surface area contributed by atoms with Crippen molar-refractivity contribution in [1.82, 2.24) is 20.0 Å².